The van der Waals surface area contributed by atoms with Crippen molar-refractivity contribution < 1.29 is 14.3 Å². The molecule has 9 nitrogen and oxygen atoms in total. The van der Waals surface area contributed by atoms with Gasteiger partial charge in [-0.2, -0.15) is 4.98 Å². The molecular weight excluding hydrogens is 356 g/mol. The summed E-state index contributed by atoms with van der Waals surface area (Å²) < 4.78 is 12.2. The van der Waals surface area contributed by atoms with Gasteiger partial charge in [-0.25, -0.2) is 4.98 Å². The number of rotatable bonds is 5. The van der Waals surface area contributed by atoms with Gasteiger partial charge in [-0.1, -0.05) is 0 Å². The number of anilines is 1. The molecule has 0 bridgehead atoms. The Morgan fingerprint density at radius 3 is 2.92 bits per heavy atom. The van der Waals surface area contributed by atoms with Crippen molar-refractivity contribution in [3.63, 3.8) is 0 Å². The van der Waals surface area contributed by atoms with Gasteiger partial charge in [-0.3, -0.25) is 19.6 Å². The first-order valence-corrected chi connectivity index (χ1v) is 8.44. The van der Waals surface area contributed by atoms with Gasteiger partial charge >= 0.3 is 0 Å². The van der Waals surface area contributed by atoms with E-state index in [4.69, 9.17) is 9.47 Å². The monoisotopic (exact) mass is 370 g/mol. The van der Waals surface area contributed by atoms with Gasteiger partial charge in [0.1, 0.15) is 5.69 Å². The van der Waals surface area contributed by atoms with Crippen molar-refractivity contribution in [3.8, 4) is 22.9 Å². The lowest BCUT2D eigenvalue weighted by atomic mass is 10.2. The number of amides is 1. The Labute approximate surface area is 151 Å². The highest BCUT2D eigenvalue weighted by molar-refractivity contribution is 7.15. The standard InChI is InChI=1S/C16H14N6O3S/c1-24-11-4-3-9(7-12(11)25-2)13-18-15(21-20-13)19-14(23)10-8-17-16-22(10)5-6-26-16/h3-8H,1-2H3,(H2,18,19,20,21,23). The highest BCUT2D eigenvalue weighted by Gasteiger charge is 2.16. The number of thiazole rings is 1. The van der Waals surface area contributed by atoms with Crippen LogP contribution in [-0.2, 0) is 0 Å². The van der Waals surface area contributed by atoms with E-state index in [1.165, 1.54) is 17.5 Å². The van der Waals surface area contributed by atoms with Gasteiger partial charge in [0.05, 0.1) is 20.4 Å². The lowest BCUT2D eigenvalue weighted by molar-refractivity contribution is 0.102. The van der Waals surface area contributed by atoms with Crippen LogP contribution in [0.15, 0.2) is 36.0 Å². The number of methoxy groups -OCH3 is 2. The summed E-state index contributed by atoms with van der Waals surface area (Å²) in [5, 5.41) is 11.4. The minimum Gasteiger partial charge on any atom is -0.493 e. The first-order valence-electron chi connectivity index (χ1n) is 7.56. The number of nitrogens with zero attached hydrogens (tertiary/aromatic N) is 4. The Balaban J connectivity index is 1.56. The van der Waals surface area contributed by atoms with E-state index in [9.17, 15) is 4.79 Å². The number of aromatic amines is 1. The zero-order valence-electron chi connectivity index (χ0n) is 13.9. The van der Waals surface area contributed by atoms with Crippen LogP contribution in [0.25, 0.3) is 16.3 Å². The van der Waals surface area contributed by atoms with Gasteiger partial charge in [-0.05, 0) is 18.2 Å². The predicted octanol–water partition coefficient (Wildman–Crippen LogP) is 2.45. The summed E-state index contributed by atoms with van der Waals surface area (Å²) in [5.74, 6) is 1.52. The fourth-order valence-electron chi connectivity index (χ4n) is 2.49. The van der Waals surface area contributed by atoms with Crippen LogP contribution in [0.4, 0.5) is 5.95 Å². The average molecular weight is 370 g/mol. The molecule has 0 aliphatic heterocycles. The molecule has 10 heteroatoms. The Morgan fingerprint density at radius 2 is 2.12 bits per heavy atom. The van der Waals surface area contributed by atoms with Crippen LogP contribution < -0.4 is 14.8 Å². The van der Waals surface area contributed by atoms with Crippen molar-refractivity contribution in [2.24, 2.45) is 0 Å². The van der Waals surface area contributed by atoms with Crippen LogP contribution in [0.1, 0.15) is 10.5 Å². The highest BCUT2D eigenvalue weighted by atomic mass is 32.1. The summed E-state index contributed by atoms with van der Waals surface area (Å²) in [6, 6.07) is 5.37. The third-order valence-corrected chi connectivity index (χ3v) is 4.52. The average Bonchev–Trinajstić information content (AvgIpc) is 3.37. The molecule has 0 radical (unpaired) electrons. The molecule has 0 aliphatic carbocycles. The molecule has 0 fully saturated rings. The maximum atomic E-state index is 12.4. The van der Waals surface area contributed by atoms with Gasteiger partial charge in [0.2, 0.25) is 5.95 Å². The third kappa shape index (κ3) is 2.75. The van der Waals surface area contributed by atoms with Crippen molar-refractivity contribution in [1.29, 1.82) is 0 Å². The van der Waals surface area contributed by atoms with Crippen LogP contribution in [0.2, 0.25) is 0 Å². The van der Waals surface area contributed by atoms with E-state index in [2.05, 4.69) is 25.5 Å². The molecule has 1 aromatic carbocycles. The maximum absolute atomic E-state index is 12.4. The zero-order chi connectivity index (χ0) is 18.1. The Hall–Kier alpha value is -3.40. The molecule has 4 rings (SSSR count). The molecule has 0 spiro atoms. The molecule has 3 aromatic heterocycles. The lowest BCUT2D eigenvalue weighted by Gasteiger charge is -2.07. The van der Waals surface area contributed by atoms with E-state index in [1.807, 2.05) is 11.4 Å². The summed E-state index contributed by atoms with van der Waals surface area (Å²) in [4.78, 5) is 21.6. The number of ether oxygens (including phenoxy) is 2. The summed E-state index contributed by atoms with van der Waals surface area (Å²) in [5.41, 5.74) is 1.17. The second-order valence-electron chi connectivity index (χ2n) is 5.23. The quantitative estimate of drug-likeness (QED) is 0.559. The Kier molecular flexibility index (Phi) is 4.01. The van der Waals surface area contributed by atoms with Crippen LogP contribution >= 0.6 is 11.3 Å². The number of benzene rings is 1. The first kappa shape index (κ1) is 16.1. The maximum Gasteiger partial charge on any atom is 0.276 e. The summed E-state index contributed by atoms with van der Waals surface area (Å²) >= 11 is 1.45. The van der Waals surface area contributed by atoms with Crippen LogP contribution in [0, 0.1) is 0 Å². The van der Waals surface area contributed by atoms with E-state index in [0.29, 0.717) is 23.0 Å². The van der Waals surface area contributed by atoms with E-state index in [1.54, 1.807) is 36.9 Å². The first-order chi connectivity index (χ1) is 12.7. The van der Waals surface area contributed by atoms with Crippen molar-refractivity contribution in [1.82, 2.24) is 24.6 Å². The number of hydrogen-bond acceptors (Lipinski definition) is 7. The van der Waals surface area contributed by atoms with E-state index < -0.39 is 0 Å². The molecule has 0 saturated carbocycles. The highest BCUT2D eigenvalue weighted by Crippen LogP contribution is 2.31. The fourth-order valence-corrected chi connectivity index (χ4v) is 3.18. The topological polar surface area (TPSA) is 106 Å². The number of fused-ring (bicyclic) bond motifs is 1. The molecule has 132 valence electrons. The zero-order valence-corrected chi connectivity index (χ0v) is 14.7. The van der Waals surface area contributed by atoms with Gasteiger partial charge < -0.3 is 9.47 Å². The number of H-pyrrole nitrogens is 1. The molecule has 1 amide bonds. The molecule has 0 saturated heterocycles. The van der Waals surface area contributed by atoms with Crippen LogP contribution in [0.3, 0.4) is 0 Å². The summed E-state index contributed by atoms with van der Waals surface area (Å²) in [6.07, 6.45) is 3.30. The lowest BCUT2D eigenvalue weighted by Crippen LogP contribution is -2.14. The molecule has 2 N–H and O–H groups in total. The number of hydrogen-bond donors (Lipinski definition) is 2. The SMILES string of the molecule is COc1ccc(-c2nc(NC(=O)c3cnc4sccn34)n[nH]2)cc1OC. The molecule has 0 unspecified atom stereocenters. The minimum absolute atomic E-state index is 0.171. The molecule has 26 heavy (non-hydrogen) atoms. The van der Waals surface area contributed by atoms with Gasteiger partial charge in [0, 0.05) is 17.1 Å². The van der Waals surface area contributed by atoms with Gasteiger partial charge in [0.25, 0.3) is 5.91 Å². The molecule has 0 atom stereocenters. The van der Waals surface area contributed by atoms with Gasteiger partial charge in [-0.15, -0.1) is 16.4 Å². The minimum atomic E-state index is -0.339. The van der Waals surface area contributed by atoms with E-state index in [0.717, 1.165) is 10.5 Å². The fraction of sp³-hybridized carbons (Fsp3) is 0.125. The molecule has 4 aromatic rings. The summed E-state index contributed by atoms with van der Waals surface area (Å²) in [6.45, 7) is 0. The predicted molar refractivity (Wildman–Crippen MR) is 95.9 cm³/mol. The number of carbonyl (C=O) groups is 1. The van der Waals surface area contributed by atoms with Gasteiger partial charge in [0.15, 0.2) is 22.3 Å². The number of carbonyl (C=O) groups excluding carboxylic acids is 1. The summed E-state index contributed by atoms with van der Waals surface area (Å²) in [7, 11) is 3.13. The van der Waals surface area contributed by atoms with Crippen LogP contribution in [-0.4, -0.2) is 44.7 Å². The van der Waals surface area contributed by atoms with Crippen molar-refractivity contribution >= 4 is 28.2 Å². The Bertz CT molecular complexity index is 1080. The molecular formula is C16H14N6O3S. The molecule has 0 aliphatic rings. The normalized spacial score (nSPS) is 10.8. The number of nitrogens with one attached hydrogen (secondary N) is 2. The van der Waals surface area contributed by atoms with Crippen molar-refractivity contribution in [3.05, 3.63) is 41.7 Å². The van der Waals surface area contributed by atoms with Crippen LogP contribution in [0.5, 0.6) is 11.5 Å². The number of aromatic nitrogens is 5. The second-order valence-corrected chi connectivity index (χ2v) is 6.10. The number of imidazole rings is 1. The van der Waals surface area contributed by atoms with Crippen molar-refractivity contribution in [2.75, 3.05) is 19.5 Å². The van der Waals surface area contributed by atoms with E-state index in [-0.39, 0.29) is 11.9 Å². The third-order valence-electron chi connectivity index (χ3n) is 3.75. The molecule has 3 heterocycles. The second kappa shape index (κ2) is 6.48. The smallest absolute Gasteiger partial charge is 0.276 e. The van der Waals surface area contributed by atoms with Crippen molar-refractivity contribution in [2.45, 2.75) is 0 Å². The Morgan fingerprint density at radius 1 is 1.27 bits per heavy atom. The van der Waals surface area contributed by atoms with E-state index >= 15 is 0 Å². The largest absolute Gasteiger partial charge is 0.493 e.